The van der Waals surface area contributed by atoms with E-state index in [0.717, 1.165) is 29.2 Å². The molecule has 1 aromatic carbocycles. The zero-order valence-corrected chi connectivity index (χ0v) is 41.0. The van der Waals surface area contributed by atoms with Crippen molar-refractivity contribution in [2.75, 3.05) is 40.6 Å². The van der Waals surface area contributed by atoms with Crippen molar-refractivity contribution >= 4 is 53.2 Å². The van der Waals surface area contributed by atoms with Gasteiger partial charge in [-0.15, -0.1) is 11.8 Å². The smallest absolute Gasteiger partial charge is 0.326 e. The Hall–Kier alpha value is -4.06. The largest absolute Gasteiger partial charge is 0.480 e. The monoisotopic (exact) mass is 917 g/mol. The average Bonchev–Trinajstić information content (AvgIpc) is 3.85. The van der Waals surface area contributed by atoms with Crippen molar-refractivity contribution in [3.8, 4) is 0 Å². The van der Waals surface area contributed by atoms with Gasteiger partial charge < -0.3 is 35.0 Å². The van der Waals surface area contributed by atoms with E-state index in [9.17, 15) is 38.7 Å². The van der Waals surface area contributed by atoms with Gasteiger partial charge in [-0.3, -0.25) is 28.8 Å². The van der Waals surface area contributed by atoms with Crippen LogP contribution in [-0.2, 0) is 49.5 Å². The van der Waals surface area contributed by atoms with Gasteiger partial charge in [0.1, 0.15) is 18.1 Å². The summed E-state index contributed by atoms with van der Waals surface area (Å²) in [7, 11) is 6.20. The highest BCUT2D eigenvalue weighted by atomic mass is 32.2. The first-order valence-corrected chi connectivity index (χ1v) is 24.0. The zero-order chi connectivity index (χ0) is 48.0. The third kappa shape index (κ3) is 13.7. The molecule has 1 unspecified atom stereocenters. The Bertz CT molecular complexity index is 1730. The van der Waals surface area contributed by atoms with Gasteiger partial charge in [-0.2, -0.15) is 0 Å². The molecule has 0 saturated carbocycles. The van der Waals surface area contributed by atoms with Crippen LogP contribution >= 0.6 is 11.8 Å². The molecule has 2 aliphatic heterocycles. The van der Waals surface area contributed by atoms with Crippen LogP contribution in [0, 0.1) is 23.7 Å². The first kappa shape index (κ1) is 54.3. The third-order valence-electron chi connectivity index (χ3n) is 12.9. The lowest BCUT2D eigenvalue weighted by Crippen LogP contribution is -2.62. The van der Waals surface area contributed by atoms with Crippen LogP contribution in [0.5, 0.6) is 0 Å². The molecule has 0 spiro atoms. The summed E-state index contributed by atoms with van der Waals surface area (Å²) in [5.74, 6) is -4.34. The minimum absolute atomic E-state index is 0.0638. The van der Waals surface area contributed by atoms with Gasteiger partial charge in [0.15, 0.2) is 0 Å². The fraction of sp³-hybridized carbons (Fsp3) is 0.723. The fourth-order valence-electron chi connectivity index (χ4n) is 9.08. The molecule has 3 N–H and O–H groups in total. The number of imide groups is 1. The van der Waals surface area contributed by atoms with Crippen molar-refractivity contribution in [3.05, 3.63) is 35.9 Å². The molecule has 1 aromatic rings. The Labute approximate surface area is 385 Å². The number of likely N-dealkylation sites (N-methyl/N-ethyl adjacent to an activating group) is 2. The Morgan fingerprint density at radius 3 is 2.12 bits per heavy atom. The van der Waals surface area contributed by atoms with Crippen molar-refractivity contribution in [1.29, 1.82) is 0 Å². The van der Waals surface area contributed by atoms with Crippen LogP contribution in [0.4, 0.5) is 0 Å². The SMILES string of the molecule is CCCCSC1CC(=O)N(N(C)[C@H](C(=O)N[C@H](C(=O)N(C)[C@@H]([C@@H](C)CC)[C@@H](CC(=O)N2CCC[C@H]2[C@H](OC)[C@@H](C)C(=O)N[C@@H](Cc2ccccc2)C(=O)O)OC)C(C)C)C(C)C)C1=O. The van der Waals surface area contributed by atoms with Crippen LogP contribution in [0.15, 0.2) is 30.3 Å². The molecular formula is C47H76N6O10S. The third-order valence-corrected chi connectivity index (χ3v) is 14.2. The molecule has 17 heteroatoms. The van der Waals surface area contributed by atoms with Gasteiger partial charge in [0, 0.05) is 47.7 Å². The summed E-state index contributed by atoms with van der Waals surface area (Å²) in [4.78, 5) is 98.8. The second kappa shape index (κ2) is 25.6. The summed E-state index contributed by atoms with van der Waals surface area (Å²) in [5, 5.41) is 17.6. The number of hydrazine groups is 1. The van der Waals surface area contributed by atoms with E-state index in [1.54, 1.807) is 55.1 Å². The fourth-order valence-corrected chi connectivity index (χ4v) is 10.3. The number of rotatable bonds is 26. The average molecular weight is 917 g/mol. The summed E-state index contributed by atoms with van der Waals surface area (Å²) in [5.41, 5.74) is 0.766. The van der Waals surface area contributed by atoms with E-state index in [0.29, 0.717) is 25.8 Å². The van der Waals surface area contributed by atoms with Gasteiger partial charge in [-0.1, -0.05) is 98.6 Å². The number of hydrogen-bond acceptors (Lipinski definition) is 11. The molecule has 16 nitrogen and oxygen atoms in total. The predicted molar refractivity (Wildman–Crippen MR) is 247 cm³/mol. The maximum atomic E-state index is 14.6. The summed E-state index contributed by atoms with van der Waals surface area (Å²) in [6, 6.07) is 4.91. The van der Waals surface area contributed by atoms with Crippen molar-refractivity contribution in [1.82, 2.24) is 30.5 Å². The molecule has 0 radical (unpaired) electrons. The first-order chi connectivity index (χ1) is 30.2. The van der Waals surface area contributed by atoms with E-state index >= 15 is 0 Å². The topological polar surface area (TPSA) is 195 Å². The molecule has 2 fully saturated rings. The van der Waals surface area contributed by atoms with E-state index in [4.69, 9.17) is 9.47 Å². The number of likely N-dealkylation sites (tertiary alicyclic amines) is 1. The molecule has 2 aliphatic rings. The molecule has 0 aliphatic carbocycles. The van der Waals surface area contributed by atoms with Gasteiger partial charge in [0.2, 0.25) is 29.5 Å². The molecule has 2 heterocycles. The number of nitrogens with zero attached hydrogens (tertiary/aromatic N) is 4. The van der Waals surface area contributed by atoms with Crippen molar-refractivity contribution < 1.29 is 48.1 Å². The number of amides is 6. The minimum atomic E-state index is -1.16. The van der Waals surface area contributed by atoms with Crippen LogP contribution in [0.25, 0.3) is 0 Å². The number of hydrogen-bond donors (Lipinski definition) is 3. The van der Waals surface area contributed by atoms with Gasteiger partial charge in [0.25, 0.3) is 5.91 Å². The number of ether oxygens (including phenoxy) is 2. The minimum Gasteiger partial charge on any atom is -0.480 e. The number of benzene rings is 1. The van der Waals surface area contributed by atoms with E-state index in [1.807, 2.05) is 47.6 Å². The number of unbranched alkanes of at least 4 members (excludes halogenated alkanes) is 1. The molecule has 2 saturated heterocycles. The Kier molecular flexibility index (Phi) is 21.7. The second-order valence-electron chi connectivity index (χ2n) is 18.1. The Balaban J connectivity index is 1.79. The number of nitrogens with one attached hydrogen (secondary N) is 2. The highest BCUT2D eigenvalue weighted by molar-refractivity contribution is 8.00. The number of thioether (sulfide) groups is 1. The molecule has 360 valence electrons. The molecular weight excluding hydrogens is 841 g/mol. The van der Waals surface area contributed by atoms with Crippen molar-refractivity contribution in [2.24, 2.45) is 23.7 Å². The van der Waals surface area contributed by atoms with Crippen LogP contribution < -0.4 is 10.6 Å². The number of carbonyl (C=O) groups is 7. The van der Waals surface area contributed by atoms with E-state index in [-0.39, 0.29) is 60.6 Å². The first-order valence-electron chi connectivity index (χ1n) is 23.0. The predicted octanol–water partition coefficient (Wildman–Crippen LogP) is 4.39. The van der Waals surface area contributed by atoms with Crippen molar-refractivity contribution in [2.45, 2.75) is 154 Å². The number of carboxylic acid groups (broad SMARTS) is 1. The maximum absolute atomic E-state index is 14.6. The van der Waals surface area contributed by atoms with Gasteiger partial charge >= 0.3 is 5.97 Å². The molecule has 0 bridgehead atoms. The lowest BCUT2D eigenvalue weighted by molar-refractivity contribution is -0.163. The quantitative estimate of drug-likeness (QED) is 0.0878. The van der Waals surface area contributed by atoms with Crippen LogP contribution in [0.1, 0.15) is 106 Å². The maximum Gasteiger partial charge on any atom is 0.326 e. The van der Waals surface area contributed by atoms with Crippen LogP contribution in [0.2, 0.25) is 0 Å². The Morgan fingerprint density at radius 1 is 0.922 bits per heavy atom. The summed E-state index contributed by atoms with van der Waals surface area (Å²) >= 11 is 1.46. The lowest BCUT2D eigenvalue weighted by Gasteiger charge is -2.41. The lowest BCUT2D eigenvalue weighted by atomic mass is 9.89. The number of carbonyl (C=O) groups excluding carboxylic acids is 6. The van der Waals surface area contributed by atoms with Crippen LogP contribution in [-0.4, -0.2) is 155 Å². The summed E-state index contributed by atoms with van der Waals surface area (Å²) < 4.78 is 11.9. The van der Waals surface area contributed by atoms with Gasteiger partial charge in [0.05, 0.1) is 41.9 Å². The molecule has 3 rings (SSSR count). The molecule has 10 atom stereocenters. The summed E-state index contributed by atoms with van der Waals surface area (Å²) in [6.45, 7) is 15.4. The van der Waals surface area contributed by atoms with E-state index < -0.39 is 71.4 Å². The van der Waals surface area contributed by atoms with Gasteiger partial charge in [-0.05, 0) is 48.3 Å². The number of aliphatic carboxylic acids is 1. The number of carboxylic acids is 1. The zero-order valence-electron chi connectivity index (χ0n) is 40.2. The number of methoxy groups -OCH3 is 2. The van der Waals surface area contributed by atoms with Gasteiger partial charge in [-0.25, -0.2) is 14.8 Å². The molecule has 0 aromatic heterocycles. The standard InChI is InChI=1S/C47H76N6O10S/c1-13-15-24-64-36-27-38(55)53(45(36)58)51(10)40(29(5)6)44(57)49-39(28(3)4)46(59)50(9)41(30(7)14-2)35(62-11)26-37(54)52-23-19-22-34(52)42(63-12)31(8)43(56)48-33(47(60)61)25-32-20-17-16-18-21-32/h16-18,20-21,28-31,33-36,39-42H,13-15,19,22-27H2,1-12H3,(H,48,56)(H,49,57)(H,60,61)/t30-,31+,33-,34-,35+,36?,39-,40-,41-,42+/m0/s1. The summed E-state index contributed by atoms with van der Waals surface area (Å²) in [6.07, 6.45) is 2.40. The highest BCUT2D eigenvalue weighted by Crippen LogP contribution is 2.31. The van der Waals surface area contributed by atoms with Crippen LogP contribution in [0.3, 0.4) is 0 Å². The highest BCUT2D eigenvalue weighted by Gasteiger charge is 2.47. The van der Waals surface area contributed by atoms with E-state index in [1.165, 1.54) is 31.0 Å². The van der Waals surface area contributed by atoms with E-state index in [2.05, 4.69) is 17.6 Å². The normalized spacial score (nSPS) is 20.5. The Morgan fingerprint density at radius 2 is 1.58 bits per heavy atom. The molecule has 6 amide bonds. The molecule has 64 heavy (non-hydrogen) atoms. The second-order valence-corrected chi connectivity index (χ2v) is 19.4. The van der Waals surface area contributed by atoms with Crippen molar-refractivity contribution in [3.63, 3.8) is 0 Å².